The predicted molar refractivity (Wildman–Crippen MR) is 92.8 cm³/mol. The molecule has 0 aliphatic heterocycles. The minimum atomic E-state index is -2.96. The first kappa shape index (κ1) is 20.2. The molecule has 2 aromatic carbocycles. The molecule has 2 rings (SSSR count). The number of nitrogens with zero attached hydrogens (tertiary/aromatic N) is 1. The maximum absolute atomic E-state index is 12.5. The van der Waals surface area contributed by atoms with E-state index in [-0.39, 0.29) is 18.1 Å². The number of carbonyl (C=O) groups is 2. The summed E-state index contributed by atoms with van der Waals surface area (Å²) in [6.45, 7) is -3.09. The van der Waals surface area contributed by atoms with Gasteiger partial charge in [0.1, 0.15) is 11.5 Å². The second-order valence-electron chi connectivity index (χ2n) is 5.74. The number of halogens is 2. The Balaban J connectivity index is 1.95. The number of aliphatic carboxylic acids is 1. The van der Waals surface area contributed by atoms with Crippen LogP contribution in [0.5, 0.6) is 11.5 Å². The Labute approximate surface area is 154 Å². The number of amides is 1. The minimum Gasteiger partial charge on any atom is -0.482 e. The molecule has 0 aliphatic rings. The van der Waals surface area contributed by atoms with E-state index in [4.69, 9.17) is 9.84 Å². The topological polar surface area (TPSA) is 76.1 Å². The van der Waals surface area contributed by atoms with Crippen LogP contribution in [0.2, 0.25) is 0 Å². The zero-order valence-corrected chi connectivity index (χ0v) is 14.6. The summed E-state index contributed by atoms with van der Waals surface area (Å²) < 4.78 is 34.4. The summed E-state index contributed by atoms with van der Waals surface area (Å²) >= 11 is 0. The van der Waals surface area contributed by atoms with E-state index in [9.17, 15) is 18.4 Å². The molecule has 0 heterocycles. The molecule has 0 unspecified atom stereocenters. The molecule has 1 N–H and O–H groups in total. The first-order valence-corrected chi connectivity index (χ1v) is 8.05. The van der Waals surface area contributed by atoms with Crippen LogP contribution in [0.15, 0.2) is 48.5 Å². The molecule has 27 heavy (non-hydrogen) atoms. The van der Waals surface area contributed by atoms with E-state index in [0.717, 1.165) is 5.56 Å². The molecule has 0 fully saturated rings. The van der Waals surface area contributed by atoms with Gasteiger partial charge in [-0.3, -0.25) is 4.79 Å². The SMILES string of the molecule is CN(Cc1ccc(OCC(=O)O)cc1)C(=O)Cc1ccccc1OC(F)F. The summed E-state index contributed by atoms with van der Waals surface area (Å²) in [4.78, 5) is 24.3. The highest BCUT2D eigenvalue weighted by Crippen LogP contribution is 2.21. The van der Waals surface area contributed by atoms with Crippen LogP contribution in [0.3, 0.4) is 0 Å². The van der Waals surface area contributed by atoms with E-state index in [1.165, 1.54) is 11.0 Å². The second-order valence-corrected chi connectivity index (χ2v) is 5.74. The number of likely N-dealkylation sites (N-methyl/N-ethyl adjacent to an activating group) is 1. The fourth-order valence-electron chi connectivity index (χ4n) is 2.36. The lowest BCUT2D eigenvalue weighted by atomic mass is 10.1. The van der Waals surface area contributed by atoms with E-state index in [0.29, 0.717) is 17.9 Å². The zero-order valence-electron chi connectivity index (χ0n) is 14.6. The normalized spacial score (nSPS) is 10.5. The van der Waals surface area contributed by atoms with Gasteiger partial charge in [-0.05, 0) is 23.8 Å². The van der Waals surface area contributed by atoms with E-state index < -0.39 is 19.2 Å². The van der Waals surface area contributed by atoms with Gasteiger partial charge >= 0.3 is 12.6 Å². The highest BCUT2D eigenvalue weighted by atomic mass is 19.3. The molecule has 0 saturated heterocycles. The molecule has 0 aromatic heterocycles. The van der Waals surface area contributed by atoms with Crippen molar-refractivity contribution in [2.24, 2.45) is 0 Å². The molecule has 144 valence electrons. The van der Waals surface area contributed by atoms with E-state index >= 15 is 0 Å². The average Bonchev–Trinajstić information content (AvgIpc) is 2.62. The van der Waals surface area contributed by atoms with Gasteiger partial charge in [0, 0.05) is 19.2 Å². The molecule has 0 radical (unpaired) electrons. The monoisotopic (exact) mass is 379 g/mol. The summed E-state index contributed by atoms with van der Waals surface area (Å²) in [5, 5.41) is 8.58. The van der Waals surface area contributed by atoms with Crippen LogP contribution >= 0.6 is 0 Å². The first-order chi connectivity index (χ1) is 12.8. The zero-order chi connectivity index (χ0) is 19.8. The summed E-state index contributed by atoms with van der Waals surface area (Å²) in [6, 6.07) is 12.8. The summed E-state index contributed by atoms with van der Waals surface area (Å²) in [5.74, 6) is -0.936. The number of para-hydroxylation sites is 1. The van der Waals surface area contributed by atoms with Crippen LogP contribution in [0.4, 0.5) is 8.78 Å². The Morgan fingerprint density at radius 1 is 1.11 bits per heavy atom. The number of carboxylic acids is 1. The highest BCUT2D eigenvalue weighted by Gasteiger charge is 2.15. The Bertz CT molecular complexity index is 780. The lowest BCUT2D eigenvalue weighted by Crippen LogP contribution is -2.28. The van der Waals surface area contributed by atoms with Crippen LogP contribution < -0.4 is 9.47 Å². The summed E-state index contributed by atoms with van der Waals surface area (Å²) in [5.41, 5.74) is 1.19. The maximum Gasteiger partial charge on any atom is 0.387 e. The van der Waals surface area contributed by atoms with Crippen molar-refractivity contribution in [3.8, 4) is 11.5 Å². The third-order valence-electron chi connectivity index (χ3n) is 3.66. The Kier molecular flexibility index (Phi) is 7.10. The predicted octanol–water partition coefficient (Wildman–Crippen LogP) is 2.95. The van der Waals surface area contributed by atoms with E-state index in [2.05, 4.69) is 4.74 Å². The van der Waals surface area contributed by atoms with Crippen molar-refractivity contribution in [3.05, 3.63) is 59.7 Å². The number of carbonyl (C=O) groups excluding carboxylic acids is 1. The van der Waals surface area contributed by atoms with Gasteiger partial charge < -0.3 is 19.5 Å². The Morgan fingerprint density at radius 3 is 2.41 bits per heavy atom. The third kappa shape index (κ3) is 6.58. The molecular formula is C19H19F2NO5. The third-order valence-corrected chi connectivity index (χ3v) is 3.66. The van der Waals surface area contributed by atoms with Crippen molar-refractivity contribution in [2.45, 2.75) is 19.6 Å². The molecule has 0 saturated carbocycles. The molecule has 0 spiro atoms. The molecule has 2 aromatic rings. The number of carboxylic acid groups (broad SMARTS) is 1. The van der Waals surface area contributed by atoms with Crippen LogP contribution in [-0.4, -0.2) is 42.1 Å². The Morgan fingerprint density at radius 2 is 1.78 bits per heavy atom. The van der Waals surface area contributed by atoms with Gasteiger partial charge in [-0.2, -0.15) is 8.78 Å². The molecule has 1 amide bonds. The largest absolute Gasteiger partial charge is 0.482 e. The van der Waals surface area contributed by atoms with Crippen LogP contribution in [0, 0.1) is 0 Å². The van der Waals surface area contributed by atoms with Crippen molar-refractivity contribution in [1.29, 1.82) is 0 Å². The van der Waals surface area contributed by atoms with Crippen molar-refractivity contribution in [1.82, 2.24) is 4.90 Å². The van der Waals surface area contributed by atoms with Gasteiger partial charge in [0.25, 0.3) is 0 Å². The van der Waals surface area contributed by atoms with Gasteiger partial charge in [0.05, 0.1) is 6.42 Å². The van der Waals surface area contributed by atoms with Crippen molar-refractivity contribution in [2.75, 3.05) is 13.7 Å². The first-order valence-electron chi connectivity index (χ1n) is 8.05. The van der Waals surface area contributed by atoms with Crippen molar-refractivity contribution >= 4 is 11.9 Å². The van der Waals surface area contributed by atoms with Gasteiger partial charge in [-0.25, -0.2) is 4.79 Å². The lowest BCUT2D eigenvalue weighted by molar-refractivity contribution is -0.139. The van der Waals surface area contributed by atoms with E-state index in [1.54, 1.807) is 49.5 Å². The molecule has 0 aliphatic carbocycles. The quantitative estimate of drug-likeness (QED) is 0.725. The maximum atomic E-state index is 12.5. The molecule has 6 nitrogen and oxygen atoms in total. The summed E-state index contributed by atoms with van der Waals surface area (Å²) in [7, 11) is 1.60. The van der Waals surface area contributed by atoms with Crippen molar-refractivity contribution in [3.63, 3.8) is 0 Å². The molecule has 0 atom stereocenters. The molecule has 8 heteroatoms. The minimum absolute atomic E-state index is 0.0193. The van der Waals surface area contributed by atoms with Gasteiger partial charge in [-0.15, -0.1) is 0 Å². The fourth-order valence-corrected chi connectivity index (χ4v) is 2.36. The lowest BCUT2D eigenvalue weighted by Gasteiger charge is -2.18. The second kappa shape index (κ2) is 9.51. The van der Waals surface area contributed by atoms with Gasteiger partial charge in [0.2, 0.25) is 5.91 Å². The highest BCUT2D eigenvalue weighted by molar-refractivity contribution is 5.79. The van der Waals surface area contributed by atoms with Crippen LogP contribution in [0.25, 0.3) is 0 Å². The number of hydrogen-bond acceptors (Lipinski definition) is 4. The average molecular weight is 379 g/mol. The van der Waals surface area contributed by atoms with Crippen LogP contribution in [0.1, 0.15) is 11.1 Å². The number of alkyl halides is 2. The number of benzene rings is 2. The smallest absolute Gasteiger partial charge is 0.387 e. The van der Waals surface area contributed by atoms with Crippen molar-refractivity contribution < 1.29 is 33.0 Å². The number of rotatable bonds is 9. The summed E-state index contributed by atoms with van der Waals surface area (Å²) in [6.07, 6.45) is -0.0702. The van der Waals surface area contributed by atoms with Gasteiger partial charge in [0.15, 0.2) is 6.61 Å². The van der Waals surface area contributed by atoms with Crippen LogP contribution in [-0.2, 0) is 22.6 Å². The standard InChI is InChI=1S/C19H19F2NO5/c1-22(11-13-6-8-15(9-7-13)26-12-18(24)25)17(23)10-14-4-2-3-5-16(14)27-19(20)21/h2-9,19H,10-12H2,1H3,(H,24,25). The molecular weight excluding hydrogens is 360 g/mol. The van der Waals surface area contributed by atoms with Gasteiger partial charge in [-0.1, -0.05) is 30.3 Å². The number of ether oxygens (including phenoxy) is 2. The van der Waals surface area contributed by atoms with E-state index in [1.807, 2.05) is 0 Å². The molecule has 0 bridgehead atoms. The fraction of sp³-hybridized carbons (Fsp3) is 0.263. The number of hydrogen-bond donors (Lipinski definition) is 1. The Hall–Kier alpha value is -3.16.